The van der Waals surface area contributed by atoms with Gasteiger partial charge in [-0.05, 0) is 19.1 Å². The molecule has 0 unspecified atom stereocenters. The van der Waals surface area contributed by atoms with Crippen molar-refractivity contribution < 1.29 is 22.6 Å². The number of aryl methyl sites for hydroxylation is 1. The lowest BCUT2D eigenvalue weighted by atomic mass is 10.2. The molecule has 2 rings (SSSR count). The number of carbonyl (C=O) groups excluding carboxylic acids is 1. The molecule has 1 heterocycles. The van der Waals surface area contributed by atoms with Crippen molar-refractivity contribution in [1.29, 1.82) is 5.26 Å². The quantitative estimate of drug-likeness (QED) is 0.575. The van der Waals surface area contributed by atoms with Gasteiger partial charge in [0.2, 0.25) is 0 Å². The number of hydrogen-bond donors (Lipinski definition) is 2. The van der Waals surface area contributed by atoms with E-state index in [1.165, 1.54) is 6.92 Å². The number of oxazole rings is 1. The van der Waals surface area contributed by atoms with Crippen LogP contribution in [0, 0.1) is 28.4 Å². The first-order valence-corrected chi connectivity index (χ1v) is 7.65. The van der Waals surface area contributed by atoms with E-state index in [2.05, 4.69) is 4.98 Å². The van der Waals surface area contributed by atoms with E-state index >= 15 is 0 Å². The third-order valence-corrected chi connectivity index (χ3v) is 4.10. The van der Waals surface area contributed by atoms with Gasteiger partial charge < -0.3 is 4.42 Å². The highest BCUT2D eigenvalue weighted by molar-refractivity contribution is 7.89. The summed E-state index contributed by atoms with van der Waals surface area (Å²) >= 11 is 0. The molecule has 12 heteroatoms. The minimum absolute atomic E-state index is 0.122. The minimum atomic E-state index is -4.29. The van der Waals surface area contributed by atoms with Gasteiger partial charge in [-0.15, -0.1) is 4.83 Å². The molecular formula is C12H9N5O6S. The molecule has 11 nitrogen and oxygen atoms in total. The van der Waals surface area contributed by atoms with Crippen molar-refractivity contribution in [1.82, 2.24) is 15.2 Å². The summed E-state index contributed by atoms with van der Waals surface area (Å²) in [6.07, 6.45) is 1.02. The van der Waals surface area contributed by atoms with Gasteiger partial charge in [0.05, 0.1) is 9.82 Å². The summed E-state index contributed by atoms with van der Waals surface area (Å²) in [5, 5.41) is 19.6. The van der Waals surface area contributed by atoms with E-state index in [4.69, 9.17) is 9.68 Å². The van der Waals surface area contributed by atoms with Gasteiger partial charge in [-0.25, -0.2) is 13.4 Å². The van der Waals surface area contributed by atoms with E-state index in [0.29, 0.717) is 6.07 Å². The normalized spacial score (nSPS) is 10.8. The lowest BCUT2D eigenvalue weighted by molar-refractivity contribution is -0.385. The summed E-state index contributed by atoms with van der Waals surface area (Å²) in [6.45, 7) is 1.46. The van der Waals surface area contributed by atoms with E-state index in [9.17, 15) is 23.3 Å². The van der Waals surface area contributed by atoms with E-state index in [0.717, 1.165) is 18.5 Å². The number of hydrazine groups is 1. The Kier molecular flexibility index (Phi) is 4.58. The van der Waals surface area contributed by atoms with Gasteiger partial charge in [-0.2, -0.15) is 5.26 Å². The van der Waals surface area contributed by atoms with Crippen LogP contribution in [0.2, 0.25) is 0 Å². The van der Waals surface area contributed by atoms with Gasteiger partial charge in [-0.1, -0.05) is 0 Å². The van der Waals surface area contributed by atoms with Crippen molar-refractivity contribution in [3.63, 3.8) is 0 Å². The van der Waals surface area contributed by atoms with Crippen LogP contribution in [-0.2, 0) is 10.0 Å². The molecule has 0 aliphatic carbocycles. The Labute approximate surface area is 135 Å². The fourth-order valence-electron chi connectivity index (χ4n) is 1.68. The summed E-state index contributed by atoms with van der Waals surface area (Å²) < 4.78 is 29.0. The largest absolute Gasteiger partial charge is 0.448 e. The molecule has 2 N–H and O–H groups in total. The molecule has 0 aliphatic rings. The van der Waals surface area contributed by atoms with Crippen LogP contribution in [0.15, 0.2) is 33.9 Å². The zero-order valence-corrected chi connectivity index (χ0v) is 12.8. The summed E-state index contributed by atoms with van der Waals surface area (Å²) in [5.74, 6) is -0.686. The first-order chi connectivity index (χ1) is 11.3. The maximum Gasteiger partial charge on any atom is 0.288 e. The number of sulfonamides is 1. The number of nitrogens with zero attached hydrogens (tertiary/aromatic N) is 3. The van der Waals surface area contributed by atoms with Gasteiger partial charge in [0.15, 0.2) is 12.1 Å². The number of benzene rings is 1. The first kappa shape index (κ1) is 17.1. The predicted molar refractivity (Wildman–Crippen MR) is 76.8 cm³/mol. The number of aromatic nitrogens is 1. The molecule has 1 aromatic carbocycles. The van der Waals surface area contributed by atoms with Crippen molar-refractivity contribution in [3.8, 4) is 6.07 Å². The van der Waals surface area contributed by atoms with Gasteiger partial charge in [0, 0.05) is 6.07 Å². The fraction of sp³-hybridized carbons (Fsp3) is 0.0833. The maximum atomic E-state index is 12.1. The first-order valence-electron chi connectivity index (χ1n) is 6.17. The summed E-state index contributed by atoms with van der Waals surface area (Å²) in [7, 11) is -4.29. The summed E-state index contributed by atoms with van der Waals surface area (Å²) in [4.78, 5) is 26.7. The van der Waals surface area contributed by atoms with Crippen LogP contribution in [-0.4, -0.2) is 24.2 Å². The highest BCUT2D eigenvalue weighted by atomic mass is 32.2. The molecule has 2 aromatic rings. The molecule has 0 radical (unpaired) electrons. The number of carbonyl (C=O) groups is 1. The molecule has 124 valence electrons. The van der Waals surface area contributed by atoms with Crippen molar-refractivity contribution in [2.24, 2.45) is 0 Å². The number of nitro groups is 1. The van der Waals surface area contributed by atoms with Crippen LogP contribution >= 0.6 is 0 Å². The van der Waals surface area contributed by atoms with E-state index in [-0.39, 0.29) is 17.0 Å². The third kappa shape index (κ3) is 3.37. The van der Waals surface area contributed by atoms with E-state index < -0.39 is 31.4 Å². The summed E-state index contributed by atoms with van der Waals surface area (Å²) in [5.41, 5.74) is 0.828. The number of nitrogens with one attached hydrogen (secondary N) is 2. The fourth-order valence-corrected chi connectivity index (χ4v) is 2.54. The molecule has 0 fully saturated rings. The van der Waals surface area contributed by atoms with Crippen molar-refractivity contribution >= 4 is 21.6 Å². The topological polar surface area (TPSA) is 168 Å². The number of amides is 1. The lowest BCUT2D eigenvalue weighted by Crippen LogP contribution is -2.41. The van der Waals surface area contributed by atoms with Crippen molar-refractivity contribution in [2.45, 2.75) is 11.8 Å². The van der Waals surface area contributed by atoms with Crippen LogP contribution in [0.3, 0.4) is 0 Å². The molecule has 0 atom stereocenters. The number of hydrogen-bond acceptors (Lipinski definition) is 8. The Balaban J connectivity index is 2.24. The van der Waals surface area contributed by atoms with Crippen LogP contribution in [0.5, 0.6) is 0 Å². The maximum absolute atomic E-state index is 12.1. The standard InChI is InChI=1S/C12H9N5O6S/c1-7-11(14-6-23-7)12(18)15-16-24(21,22)9-3-2-8(5-13)10(4-9)17(19)20/h2-4,6,16H,1H3,(H,15,18). The SMILES string of the molecule is Cc1ocnc1C(=O)NNS(=O)(=O)c1ccc(C#N)c([N+](=O)[O-])c1. The number of nitro benzene ring substituents is 1. The zero-order chi connectivity index (χ0) is 17.9. The molecule has 1 aromatic heterocycles. The number of nitriles is 1. The van der Waals surface area contributed by atoms with Crippen LogP contribution in [0.25, 0.3) is 0 Å². The van der Waals surface area contributed by atoms with Gasteiger partial charge >= 0.3 is 0 Å². The molecule has 0 aliphatic heterocycles. The average molecular weight is 351 g/mol. The third-order valence-electron chi connectivity index (χ3n) is 2.86. The van der Waals surface area contributed by atoms with Crippen molar-refractivity contribution in [3.05, 3.63) is 51.7 Å². The smallest absolute Gasteiger partial charge is 0.288 e. The Bertz CT molecular complexity index is 959. The molecule has 0 spiro atoms. The molecular weight excluding hydrogens is 342 g/mol. The van der Waals surface area contributed by atoms with E-state index in [1.807, 2.05) is 5.43 Å². The molecule has 1 amide bonds. The monoisotopic (exact) mass is 351 g/mol. The van der Waals surface area contributed by atoms with Crippen molar-refractivity contribution in [2.75, 3.05) is 0 Å². The number of rotatable bonds is 5. The lowest BCUT2D eigenvalue weighted by Gasteiger charge is -2.07. The molecule has 0 saturated carbocycles. The Morgan fingerprint density at radius 3 is 2.71 bits per heavy atom. The Morgan fingerprint density at radius 1 is 1.46 bits per heavy atom. The van der Waals surface area contributed by atoms with Gasteiger partial charge in [-0.3, -0.25) is 20.3 Å². The second kappa shape index (κ2) is 6.44. The highest BCUT2D eigenvalue weighted by Crippen LogP contribution is 2.22. The average Bonchev–Trinajstić information content (AvgIpc) is 2.98. The minimum Gasteiger partial charge on any atom is -0.448 e. The second-order valence-corrected chi connectivity index (χ2v) is 6.05. The Morgan fingerprint density at radius 2 is 2.17 bits per heavy atom. The van der Waals surface area contributed by atoms with Crippen LogP contribution in [0.1, 0.15) is 21.8 Å². The Hall–Kier alpha value is -3.30. The summed E-state index contributed by atoms with van der Waals surface area (Å²) in [6, 6.07) is 4.30. The van der Waals surface area contributed by atoms with Crippen LogP contribution < -0.4 is 10.3 Å². The zero-order valence-electron chi connectivity index (χ0n) is 12.0. The molecule has 24 heavy (non-hydrogen) atoms. The molecule has 0 bridgehead atoms. The van der Waals surface area contributed by atoms with Gasteiger partial charge in [0.25, 0.3) is 21.6 Å². The second-order valence-electron chi connectivity index (χ2n) is 4.36. The predicted octanol–water partition coefficient (Wildman–Crippen LogP) is 0.386. The van der Waals surface area contributed by atoms with Crippen LogP contribution in [0.4, 0.5) is 5.69 Å². The molecule has 0 saturated heterocycles. The van der Waals surface area contributed by atoms with Gasteiger partial charge in [0.1, 0.15) is 17.4 Å². The highest BCUT2D eigenvalue weighted by Gasteiger charge is 2.23. The van der Waals surface area contributed by atoms with E-state index in [1.54, 1.807) is 10.9 Å².